The third-order valence-corrected chi connectivity index (χ3v) is 3.61. The molecule has 0 spiro atoms. The van der Waals surface area contributed by atoms with E-state index < -0.39 is 0 Å². The van der Waals surface area contributed by atoms with E-state index in [2.05, 4.69) is 36.0 Å². The molecule has 21 heavy (non-hydrogen) atoms. The van der Waals surface area contributed by atoms with Crippen LogP contribution in [0.15, 0.2) is 29.4 Å². The van der Waals surface area contributed by atoms with Gasteiger partial charge in [-0.15, -0.1) is 0 Å². The summed E-state index contributed by atoms with van der Waals surface area (Å²) in [4.78, 5) is 2.33. The molecule has 0 saturated carbocycles. The van der Waals surface area contributed by atoms with E-state index in [0.717, 1.165) is 31.8 Å². The van der Waals surface area contributed by atoms with Crippen LogP contribution in [0.5, 0.6) is 5.75 Å². The number of nitrogens with two attached hydrogens (primary N) is 1. The Labute approximate surface area is 126 Å². The zero-order valence-corrected chi connectivity index (χ0v) is 12.8. The molecule has 5 heteroatoms. The van der Waals surface area contributed by atoms with E-state index >= 15 is 0 Å². The van der Waals surface area contributed by atoms with Gasteiger partial charge in [0.2, 0.25) is 0 Å². The maximum Gasteiger partial charge on any atom is 0.140 e. The molecular weight excluding hydrogens is 266 g/mol. The summed E-state index contributed by atoms with van der Waals surface area (Å²) in [6.07, 6.45) is 1.71. The van der Waals surface area contributed by atoms with Crippen molar-refractivity contribution in [1.29, 1.82) is 0 Å². The van der Waals surface area contributed by atoms with Crippen LogP contribution in [-0.2, 0) is 6.42 Å². The summed E-state index contributed by atoms with van der Waals surface area (Å²) in [5.74, 6) is 1.85. The largest absolute Gasteiger partial charge is 0.488 e. The van der Waals surface area contributed by atoms with Crippen molar-refractivity contribution < 1.29 is 9.94 Å². The summed E-state index contributed by atoms with van der Waals surface area (Å²) < 4.78 is 6.00. The van der Waals surface area contributed by atoms with Crippen molar-refractivity contribution in [2.24, 2.45) is 16.8 Å². The van der Waals surface area contributed by atoms with Crippen molar-refractivity contribution in [3.05, 3.63) is 29.8 Å². The molecule has 1 heterocycles. The molecule has 5 nitrogen and oxygen atoms in total. The number of hydrogen-bond donors (Lipinski definition) is 2. The predicted molar refractivity (Wildman–Crippen MR) is 83.9 cm³/mol. The third kappa shape index (κ3) is 4.63. The maximum atomic E-state index is 8.65. The number of nitrogens with zero attached hydrogens (tertiary/aromatic N) is 2. The summed E-state index contributed by atoms with van der Waals surface area (Å²) in [6.45, 7) is 7.02. The van der Waals surface area contributed by atoms with Gasteiger partial charge in [0.1, 0.15) is 17.7 Å². The highest BCUT2D eigenvalue weighted by molar-refractivity contribution is 5.79. The lowest BCUT2D eigenvalue weighted by atomic mass is 10.1. The Bertz CT molecular complexity index is 463. The Morgan fingerprint density at radius 2 is 2.24 bits per heavy atom. The fraction of sp³-hybridized carbons (Fsp3) is 0.562. The zero-order chi connectivity index (χ0) is 15.2. The van der Waals surface area contributed by atoms with Crippen molar-refractivity contribution >= 4 is 5.84 Å². The van der Waals surface area contributed by atoms with E-state index in [0.29, 0.717) is 12.3 Å². The molecule has 0 aliphatic carbocycles. The standard InChI is InChI=1S/C16H25N3O2/c1-12(2)10-19(8-7-16(17)18-20)11-14-9-13-5-3-4-6-15(13)21-14/h3-6,12,14,20H,7-11H2,1-2H3,(H2,17,18). The summed E-state index contributed by atoms with van der Waals surface area (Å²) in [5.41, 5.74) is 6.85. The van der Waals surface area contributed by atoms with Crippen molar-refractivity contribution in [3.8, 4) is 5.75 Å². The lowest BCUT2D eigenvalue weighted by molar-refractivity contribution is 0.142. The molecule has 2 rings (SSSR count). The van der Waals surface area contributed by atoms with Gasteiger partial charge in [0.05, 0.1) is 0 Å². The van der Waals surface area contributed by atoms with Crippen LogP contribution in [-0.4, -0.2) is 41.7 Å². The van der Waals surface area contributed by atoms with E-state index in [4.69, 9.17) is 15.7 Å². The summed E-state index contributed by atoms with van der Waals surface area (Å²) >= 11 is 0. The van der Waals surface area contributed by atoms with Crippen LogP contribution in [0.25, 0.3) is 0 Å². The molecule has 1 atom stereocenters. The number of benzene rings is 1. The highest BCUT2D eigenvalue weighted by Crippen LogP contribution is 2.28. The molecule has 1 unspecified atom stereocenters. The Morgan fingerprint density at radius 1 is 1.48 bits per heavy atom. The van der Waals surface area contributed by atoms with Crippen LogP contribution in [0.4, 0.5) is 0 Å². The van der Waals surface area contributed by atoms with Gasteiger partial charge in [-0.25, -0.2) is 0 Å². The van der Waals surface area contributed by atoms with Gasteiger partial charge in [-0.2, -0.15) is 0 Å². The van der Waals surface area contributed by atoms with Crippen molar-refractivity contribution in [2.45, 2.75) is 32.8 Å². The first-order chi connectivity index (χ1) is 10.1. The number of amidine groups is 1. The lowest BCUT2D eigenvalue weighted by Crippen LogP contribution is -2.39. The molecule has 3 N–H and O–H groups in total. The molecule has 0 amide bonds. The van der Waals surface area contributed by atoms with Gasteiger partial charge in [0.15, 0.2) is 0 Å². The van der Waals surface area contributed by atoms with Crippen LogP contribution in [0.1, 0.15) is 25.8 Å². The molecule has 116 valence electrons. The predicted octanol–water partition coefficient (Wildman–Crippen LogP) is 2.08. The Morgan fingerprint density at radius 3 is 2.90 bits per heavy atom. The summed E-state index contributed by atoms with van der Waals surface area (Å²) in [6, 6.07) is 8.21. The van der Waals surface area contributed by atoms with Crippen LogP contribution in [0.2, 0.25) is 0 Å². The monoisotopic (exact) mass is 291 g/mol. The third-order valence-electron chi connectivity index (χ3n) is 3.61. The fourth-order valence-corrected chi connectivity index (χ4v) is 2.74. The number of fused-ring (bicyclic) bond motifs is 1. The molecule has 0 radical (unpaired) electrons. The van der Waals surface area contributed by atoms with Crippen LogP contribution in [0.3, 0.4) is 0 Å². The molecule has 1 aliphatic rings. The highest BCUT2D eigenvalue weighted by Gasteiger charge is 2.24. The van der Waals surface area contributed by atoms with E-state index in [-0.39, 0.29) is 11.9 Å². The first-order valence-electron chi connectivity index (χ1n) is 7.51. The Kier molecular flexibility index (Phi) is 5.44. The normalized spacial score (nSPS) is 18.1. The first-order valence-corrected chi connectivity index (χ1v) is 7.51. The second-order valence-electron chi connectivity index (χ2n) is 6.05. The minimum absolute atomic E-state index is 0.188. The Balaban J connectivity index is 1.90. The fourth-order valence-electron chi connectivity index (χ4n) is 2.74. The minimum atomic E-state index is 0.188. The molecule has 0 saturated heterocycles. The maximum absolute atomic E-state index is 8.65. The quantitative estimate of drug-likeness (QED) is 0.349. The number of oxime groups is 1. The average molecular weight is 291 g/mol. The second kappa shape index (κ2) is 7.31. The van der Waals surface area contributed by atoms with E-state index in [9.17, 15) is 0 Å². The Hall–Kier alpha value is -1.75. The zero-order valence-electron chi connectivity index (χ0n) is 12.8. The van der Waals surface area contributed by atoms with Gasteiger partial charge in [-0.3, -0.25) is 4.90 Å². The topological polar surface area (TPSA) is 71.1 Å². The minimum Gasteiger partial charge on any atom is -0.488 e. The molecule has 1 aromatic rings. The van der Waals surface area contributed by atoms with Gasteiger partial charge in [-0.1, -0.05) is 37.2 Å². The van der Waals surface area contributed by atoms with E-state index in [1.54, 1.807) is 0 Å². The SMILES string of the molecule is CC(C)CN(CCC(N)=NO)CC1Cc2ccccc2O1. The van der Waals surface area contributed by atoms with Gasteiger partial charge >= 0.3 is 0 Å². The molecule has 0 bridgehead atoms. The molecular formula is C16H25N3O2. The van der Waals surface area contributed by atoms with Gasteiger partial charge in [0, 0.05) is 32.5 Å². The molecule has 0 aromatic heterocycles. The molecule has 0 fully saturated rings. The average Bonchev–Trinajstić information content (AvgIpc) is 2.85. The van der Waals surface area contributed by atoms with Crippen molar-refractivity contribution in [2.75, 3.05) is 19.6 Å². The lowest BCUT2D eigenvalue weighted by Gasteiger charge is -2.26. The van der Waals surface area contributed by atoms with Crippen LogP contribution < -0.4 is 10.5 Å². The van der Waals surface area contributed by atoms with Crippen LogP contribution >= 0.6 is 0 Å². The number of hydrogen-bond acceptors (Lipinski definition) is 4. The van der Waals surface area contributed by atoms with Crippen LogP contribution in [0, 0.1) is 5.92 Å². The summed E-state index contributed by atoms with van der Waals surface area (Å²) in [5, 5.41) is 11.7. The number of rotatable bonds is 7. The molecule has 1 aliphatic heterocycles. The first kappa shape index (κ1) is 15.6. The van der Waals surface area contributed by atoms with Gasteiger partial charge < -0.3 is 15.7 Å². The van der Waals surface area contributed by atoms with E-state index in [1.165, 1.54) is 5.56 Å². The van der Waals surface area contributed by atoms with E-state index in [1.807, 2.05) is 12.1 Å². The summed E-state index contributed by atoms with van der Waals surface area (Å²) in [7, 11) is 0. The number of para-hydroxylation sites is 1. The second-order valence-corrected chi connectivity index (χ2v) is 6.05. The number of ether oxygens (including phenoxy) is 1. The van der Waals surface area contributed by atoms with Crippen molar-refractivity contribution in [3.63, 3.8) is 0 Å². The van der Waals surface area contributed by atoms with Crippen molar-refractivity contribution in [1.82, 2.24) is 4.90 Å². The highest BCUT2D eigenvalue weighted by atomic mass is 16.5. The molecule has 1 aromatic carbocycles. The smallest absolute Gasteiger partial charge is 0.140 e. The van der Waals surface area contributed by atoms with Gasteiger partial charge in [-0.05, 0) is 17.5 Å². The van der Waals surface area contributed by atoms with Gasteiger partial charge in [0.25, 0.3) is 0 Å².